The van der Waals surface area contributed by atoms with Crippen molar-refractivity contribution in [2.24, 2.45) is 5.92 Å². The van der Waals surface area contributed by atoms with Crippen LogP contribution in [0.25, 0.3) is 5.78 Å². The van der Waals surface area contributed by atoms with Crippen molar-refractivity contribution in [1.29, 1.82) is 0 Å². The van der Waals surface area contributed by atoms with E-state index >= 15 is 0 Å². The molecule has 0 spiro atoms. The molecule has 10 nitrogen and oxygen atoms in total. The number of aromatic nitrogens is 4. The van der Waals surface area contributed by atoms with Crippen LogP contribution in [-0.4, -0.2) is 47.5 Å². The minimum Gasteiger partial charge on any atom is -0.512 e. The summed E-state index contributed by atoms with van der Waals surface area (Å²) in [6, 6.07) is 9.40. The molecule has 0 bridgehead atoms. The van der Waals surface area contributed by atoms with Gasteiger partial charge >= 0.3 is 12.1 Å². The lowest BCUT2D eigenvalue weighted by molar-refractivity contribution is -0.167. The van der Waals surface area contributed by atoms with Crippen molar-refractivity contribution in [3.63, 3.8) is 0 Å². The molecule has 0 saturated heterocycles. The number of ether oxygens (including phenoxy) is 1. The van der Waals surface area contributed by atoms with Gasteiger partial charge in [-0.2, -0.15) is 4.98 Å². The highest BCUT2D eigenvalue weighted by Crippen LogP contribution is 2.46. The van der Waals surface area contributed by atoms with Crippen LogP contribution in [0.5, 0.6) is 0 Å². The average Bonchev–Trinajstić information content (AvgIpc) is 3.56. The van der Waals surface area contributed by atoms with Crippen molar-refractivity contribution in [2.45, 2.75) is 83.8 Å². The van der Waals surface area contributed by atoms with E-state index in [4.69, 9.17) is 9.84 Å². The van der Waals surface area contributed by atoms with Gasteiger partial charge in [-0.25, -0.2) is 19.1 Å². The lowest BCUT2D eigenvalue weighted by Gasteiger charge is -2.41. The number of rotatable bonds is 8. The summed E-state index contributed by atoms with van der Waals surface area (Å²) >= 11 is 0. The van der Waals surface area contributed by atoms with Crippen LogP contribution < -0.4 is 5.32 Å². The first-order valence-corrected chi connectivity index (χ1v) is 13.6. The van der Waals surface area contributed by atoms with Crippen molar-refractivity contribution in [3.8, 4) is 0 Å². The third-order valence-electron chi connectivity index (χ3n) is 8.11. The van der Waals surface area contributed by atoms with Gasteiger partial charge in [0.1, 0.15) is 11.4 Å². The van der Waals surface area contributed by atoms with Gasteiger partial charge in [0.2, 0.25) is 0 Å². The molecule has 5 rings (SSSR count). The van der Waals surface area contributed by atoms with Gasteiger partial charge in [-0.1, -0.05) is 37.1 Å². The fourth-order valence-corrected chi connectivity index (χ4v) is 6.03. The van der Waals surface area contributed by atoms with Gasteiger partial charge in [0, 0.05) is 24.2 Å². The van der Waals surface area contributed by atoms with E-state index in [2.05, 4.69) is 20.4 Å². The molecule has 1 fully saturated rings. The monoisotopic (exact) mass is 533 g/mol. The normalized spacial score (nSPS) is 20.8. The number of esters is 1. The zero-order chi connectivity index (χ0) is 27.7. The lowest BCUT2D eigenvalue weighted by Crippen LogP contribution is -2.46. The Morgan fingerprint density at radius 1 is 1.21 bits per heavy atom. The van der Waals surface area contributed by atoms with Gasteiger partial charge in [-0.05, 0) is 69.6 Å². The highest BCUT2D eigenvalue weighted by molar-refractivity contribution is 5.90. The number of nitrogens with zero attached hydrogens (tertiary/aromatic N) is 4. The molecule has 2 atom stereocenters. The van der Waals surface area contributed by atoms with E-state index < -0.39 is 17.7 Å². The van der Waals surface area contributed by atoms with Crippen molar-refractivity contribution in [2.75, 3.05) is 0 Å². The SMILES string of the molecule is Cc1cc(C)n2nc(CC3=C(O)CC(CCc4ccc(C(C)NC(=O)O)cc4)(C4CCCC4)OC3=O)nc2n1. The number of benzene rings is 1. The number of fused-ring (bicyclic) bond motifs is 1. The van der Waals surface area contributed by atoms with E-state index in [9.17, 15) is 14.7 Å². The van der Waals surface area contributed by atoms with Gasteiger partial charge in [0.25, 0.3) is 5.78 Å². The molecule has 2 aromatic heterocycles. The third kappa shape index (κ3) is 5.60. The Morgan fingerprint density at radius 2 is 1.92 bits per heavy atom. The second-order valence-electron chi connectivity index (χ2n) is 10.9. The van der Waals surface area contributed by atoms with Crippen molar-refractivity contribution in [3.05, 3.63) is 70.0 Å². The Hall–Kier alpha value is -3.95. The molecule has 2 aliphatic rings. The summed E-state index contributed by atoms with van der Waals surface area (Å²) in [5.41, 5.74) is 3.11. The largest absolute Gasteiger partial charge is 0.512 e. The molecular weight excluding hydrogens is 498 g/mol. The molecule has 1 amide bonds. The van der Waals surface area contributed by atoms with Gasteiger partial charge in [0.05, 0.1) is 11.6 Å². The molecular formula is C29H35N5O5. The zero-order valence-corrected chi connectivity index (χ0v) is 22.6. The van der Waals surface area contributed by atoms with Crippen LogP contribution in [0.15, 0.2) is 41.7 Å². The van der Waals surface area contributed by atoms with E-state index in [0.29, 0.717) is 24.4 Å². The number of cyclic esters (lactones) is 1. The summed E-state index contributed by atoms with van der Waals surface area (Å²) in [4.78, 5) is 33.2. The van der Waals surface area contributed by atoms with Crippen LogP contribution in [0.3, 0.4) is 0 Å². The quantitative estimate of drug-likeness (QED) is 0.346. The Kier molecular flexibility index (Phi) is 7.29. The van der Waals surface area contributed by atoms with E-state index in [-0.39, 0.29) is 36.1 Å². The Labute approximate surface area is 227 Å². The fraction of sp³-hybridized carbons (Fsp3) is 0.483. The number of aliphatic hydroxyl groups excluding tert-OH is 1. The summed E-state index contributed by atoms with van der Waals surface area (Å²) < 4.78 is 7.89. The smallest absolute Gasteiger partial charge is 0.405 e. The molecule has 206 valence electrons. The van der Waals surface area contributed by atoms with Crippen LogP contribution in [0.4, 0.5) is 4.79 Å². The van der Waals surface area contributed by atoms with Crippen LogP contribution in [0.1, 0.15) is 79.8 Å². The van der Waals surface area contributed by atoms with E-state index in [1.54, 1.807) is 11.4 Å². The molecule has 10 heteroatoms. The van der Waals surface area contributed by atoms with Crippen molar-refractivity contribution >= 4 is 17.8 Å². The maximum absolute atomic E-state index is 13.4. The minimum atomic E-state index is -1.06. The van der Waals surface area contributed by atoms with Gasteiger partial charge in [0.15, 0.2) is 5.82 Å². The molecule has 0 radical (unpaired) electrons. The number of hydrogen-bond acceptors (Lipinski definition) is 7. The summed E-state index contributed by atoms with van der Waals surface area (Å²) in [6.07, 6.45) is 4.66. The number of hydrogen-bond donors (Lipinski definition) is 3. The highest BCUT2D eigenvalue weighted by atomic mass is 16.6. The summed E-state index contributed by atoms with van der Waals surface area (Å²) in [7, 11) is 0. The number of aryl methyl sites for hydroxylation is 3. The fourth-order valence-electron chi connectivity index (χ4n) is 6.03. The highest BCUT2D eigenvalue weighted by Gasteiger charge is 2.48. The Balaban J connectivity index is 1.34. The average molecular weight is 534 g/mol. The number of aliphatic hydroxyl groups is 1. The maximum atomic E-state index is 13.4. The van der Waals surface area contributed by atoms with Gasteiger partial charge < -0.3 is 20.3 Å². The van der Waals surface area contributed by atoms with Crippen LogP contribution in [-0.2, 0) is 22.4 Å². The summed E-state index contributed by atoms with van der Waals surface area (Å²) in [5.74, 6) is 0.615. The molecule has 3 aromatic rings. The molecule has 39 heavy (non-hydrogen) atoms. The maximum Gasteiger partial charge on any atom is 0.405 e. The Bertz CT molecular complexity index is 1420. The predicted molar refractivity (Wildman–Crippen MR) is 143 cm³/mol. The molecule has 1 aromatic carbocycles. The third-order valence-corrected chi connectivity index (χ3v) is 8.11. The van der Waals surface area contributed by atoms with E-state index in [0.717, 1.165) is 48.2 Å². The van der Waals surface area contributed by atoms with Crippen LogP contribution >= 0.6 is 0 Å². The first-order chi connectivity index (χ1) is 18.6. The topological polar surface area (TPSA) is 139 Å². The summed E-state index contributed by atoms with van der Waals surface area (Å²) in [6.45, 7) is 5.61. The van der Waals surface area contributed by atoms with Crippen LogP contribution in [0.2, 0.25) is 0 Å². The number of nitrogens with one attached hydrogen (secondary N) is 1. The van der Waals surface area contributed by atoms with E-state index in [1.807, 2.05) is 44.2 Å². The van der Waals surface area contributed by atoms with Crippen molar-refractivity contribution in [1.82, 2.24) is 24.9 Å². The Morgan fingerprint density at radius 3 is 2.59 bits per heavy atom. The van der Waals surface area contributed by atoms with Crippen molar-refractivity contribution < 1.29 is 24.5 Å². The predicted octanol–water partition coefficient (Wildman–Crippen LogP) is 4.93. The number of amides is 1. The molecule has 1 aliphatic carbocycles. The molecule has 3 heterocycles. The molecule has 2 unspecified atom stereocenters. The summed E-state index contributed by atoms with van der Waals surface area (Å²) in [5, 5.41) is 27.1. The number of carbonyl (C=O) groups is 2. The van der Waals surface area contributed by atoms with Gasteiger partial charge in [-0.3, -0.25) is 0 Å². The number of carbonyl (C=O) groups excluding carboxylic acids is 1. The second kappa shape index (κ2) is 10.7. The molecule has 1 aliphatic heterocycles. The molecule has 3 N–H and O–H groups in total. The minimum absolute atomic E-state index is 0.0572. The second-order valence-corrected chi connectivity index (χ2v) is 10.9. The first kappa shape index (κ1) is 26.6. The van der Waals surface area contributed by atoms with E-state index in [1.165, 1.54) is 0 Å². The standard InChI is InChI=1S/C29H35N5O5/c1-17-14-18(2)34-27(30-17)32-25(33-34)15-23-24(35)16-29(39-26(23)36,22-6-4-5-7-22)13-12-20-8-10-21(11-9-20)19(3)31-28(37)38/h8-11,14,19,22,31,35H,4-7,12-13,15-16H2,1-3H3,(H,37,38). The molecule has 1 saturated carbocycles. The number of carboxylic acid groups (broad SMARTS) is 1. The van der Waals surface area contributed by atoms with Gasteiger partial charge in [-0.15, -0.1) is 5.10 Å². The lowest BCUT2D eigenvalue weighted by atomic mass is 9.76. The zero-order valence-electron chi connectivity index (χ0n) is 22.6. The van der Waals surface area contributed by atoms with Crippen LogP contribution in [0, 0.1) is 19.8 Å². The first-order valence-electron chi connectivity index (χ1n) is 13.6.